The molecule has 8 heteroatoms. The normalized spacial score (nSPS) is 10.4. The molecule has 0 aliphatic heterocycles. The van der Waals surface area contributed by atoms with Gasteiger partial charge in [0.25, 0.3) is 5.91 Å². The van der Waals surface area contributed by atoms with Crippen LogP contribution < -0.4 is 10.6 Å². The van der Waals surface area contributed by atoms with Crippen molar-refractivity contribution in [2.45, 2.75) is 0 Å². The monoisotopic (exact) mass is 421 g/mol. The molecule has 0 unspecified atom stereocenters. The highest BCUT2D eigenvalue weighted by Gasteiger charge is 2.13. The summed E-state index contributed by atoms with van der Waals surface area (Å²) >= 11 is 6.21. The Kier molecular flexibility index (Phi) is 5.39. The van der Waals surface area contributed by atoms with E-state index in [0.717, 1.165) is 14.4 Å². The lowest BCUT2D eigenvalue weighted by Crippen LogP contribution is -2.32. The van der Waals surface area contributed by atoms with Crippen molar-refractivity contribution in [2.24, 2.45) is 0 Å². The van der Waals surface area contributed by atoms with Crippen molar-refractivity contribution in [3.63, 3.8) is 0 Å². The molecule has 24 heavy (non-hydrogen) atoms. The van der Waals surface area contributed by atoms with Gasteiger partial charge in [0, 0.05) is 10.2 Å². The standard InChI is InChI=1S/C16H12BrN3O2S2/c17-10-3-5-11(6-4-10)20-14(21)9-18-15(22)13-8-19-16(24-13)12-2-1-7-23-12/h1-8H,9H2,(H,18,22)(H,20,21). The number of anilines is 1. The Labute approximate surface area is 154 Å². The van der Waals surface area contributed by atoms with E-state index >= 15 is 0 Å². The third-order valence-electron chi connectivity index (χ3n) is 3.00. The average Bonchev–Trinajstić information content (AvgIpc) is 3.25. The number of nitrogens with zero attached hydrogens (tertiary/aromatic N) is 1. The number of amides is 2. The number of benzene rings is 1. The summed E-state index contributed by atoms with van der Waals surface area (Å²) < 4.78 is 0.931. The predicted molar refractivity (Wildman–Crippen MR) is 101 cm³/mol. The number of hydrogen-bond donors (Lipinski definition) is 2. The zero-order chi connectivity index (χ0) is 16.9. The number of carbonyl (C=O) groups excluding carboxylic acids is 2. The van der Waals surface area contributed by atoms with Crippen LogP contribution in [0.25, 0.3) is 9.88 Å². The maximum atomic E-state index is 12.1. The Morgan fingerprint density at radius 3 is 2.67 bits per heavy atom. The first-order valence-corrected chi connectivity index (χ1v) is 9.44. The van der Waals surface area contributed by atoms with Gasteiger partial charge >= 0.3 is 0 Å². The lowest BCUT2D eigenvalue weighted by molar-refractivity contribution is -0.115. The van der Waals surface area contributed by atoms with Crippen LogP contribution in [0.3, 0.4) is 0 Å². The van der Waals surface area contributed by atoms with Gasteiger partial charge in [-0.3, -0.25) is 9.59 Å². The molecule has 3 aromatic rings. The molecule has 0 fully saturated rings. The number of nitrogens with one attached hydrogen (secondary N) is 2. The van der Waals surface area contributed by atoms with E-state index in [-0.39, 0.29) is 18.4 Å². The van der Waals surface area contributed by atoms with E-state index in [4.69, 9.17) is 0 Å². The van der Waals surface area contributed by atoms with Gasteiger partial charge < -0.3 is 10.6 Å². The number of thiophene rings is 1. The van der Waals surface area contributed by atoms with Crippen LogP contribution in [0.4, 0.5) is 5.69 Å². The summed E-state index contributed by atoms with van der Waals surface area (Å²) in [4.78, 5) is 29.7. The molecular formula is C16H12BrN3O2S2. The second-order valence-electron chi connectivity index (χ2n) is 4.74. The van der Waals surface area contributed by atoms with Gasteiger partial charge in [-0.15, -0.1) is 22.7 Å². The topological polar surface area (TPSA) is 71.1 Å². The summed E-state index contributed by atoms with van der Waals surface area (Å²) in [6.07, 6.45) is 1.53. The first-order chi connectivity index (χ1) is 11.6. The van der Waals surface area contributed by atoms with E-state index < -0.39 is 0 Å². The largest absolute Gasteiger partial charge is 0.342 e. The van der Waals surface area contributed by atoms with Crippen molar-refractivity contribution >= 4 is 56.1 Å². The van der Waals surface area contributed by atoms with Crippen molar-refractivity contribution in [2.75, 3.05) is 11.9 Å². The van der Waals surface area contributed by atoms with Crippen LogP contribution in [0.15, 0.2) is 52.4 Å². The van der Waals surface area contributed by atoms with Gasteiger partial charge in [0.2, 0.25) is 5.91 Å². The fourth-order valence-corrected chi connectivity index (χ4v) is 3.78. The number of hydrogen-bond acceptors (Lipinski definition) is 5. The molecule has 122 valence electrons. The van der Waals surface area contributed by atoms with Crippen molar-refractivity contribution in [1.29, 1.82) is 0 Å². The minimum absolute atomic E-state index is 0.0961. The van der Waals surface area contributed by atoms with Gasteiger partial charge in [0.15, 0.2) is 0 Å². The number of thiazole rings is 1. The molecule has 2 aromatic heterocycles. The molecule has 0 saturated heterocycles. The highest BCUT2D eigenvalue weighted by molar-refractivity contribution is 9.10. The molecule has 0 radical (unpaired) electrons. The number of halogens is 1. The van der Waals surface area contributed by atoms with Gasteiger partial charge in [-0.05, 0) is 35.7 Å². The summed E-state index contributed by atoms with van der Waals surface area (Å²) in [5.41, 5.74) is 0.676. The molecule has 3 rings (SSSR count). The van der Waals surface area contributed by atoms with Gasteiger partial charge in [0.1, 0.15) is 9.88 Å². The lowest BCUT2D eigenvalue weighted by Gasteiger charge is -2.06. The molecule has 0 saturated carbocycles. The fraction of sp³-hybridized carbons (Fsp3) is 0.0625. The minimum Gasteiger partial charge on any atom is -0.342 e. The lowest BCUT2D eigenvalue weighted by atomic mass is 10.3. The Hall–Kier alpha value is -2.03. The third-order valence-corrected chi connectivity index (χ3v) is 5.56. The molecule has 5 nitrogen and oxygen atoms in total. The van der Waals surface area contributed by atoms with E-state index in [0.29, 0.717) is 10.6 Å². The predicted octanol–water partition coefficient (Wildman–Crippen LogP) is 4.00. The molecule has 0 bridgehead atoms. The molecule has 0 atom stereocenters. The zero-order valence-electron chi connectivity index (χ0n) is 12.3. The van der Waals surface area contributed by atoms with E-state index in [1.54, 1.807) is 23.5 Å². The Balaban J connectivity index is 1.53. The van der Waals surface area contributed by atoms with Crippen molar-refractivity contribution in [3.05, 3.63) is 57.3 Å². The van der Waals surface area contributed by atoms with E-state index in [9.17, 15) is 9.59 Å². The summed E-state index contributed by atoms with van der Waals surface area (Å²) in [6.45, 7) is -0.0961. The second kappa shape index (κ2) is 7.69. The van der Waals surface area contributed by atoms with Crippen LogP contribution in [-0.4, -0.2) is 23.3 Å². The van der Waals surface area contributed by atoms with Gasteiger partial charge in [-0.25, -0.2) is 4.98 Å². The first-order valence-electron chi connectivity index (χ1n) is 6.95. The van der Waals surface area contributed by atoms with Crippen molar-refractivity contribution in [3.8, 4) is 9.88 Å². The Morgan fingerprint density at radius 1 is 1.17 bits per heavy atom. The van der Waals surface area contributed by atoms with E-state index in [1.165, 1.54) is 17.5 Å². The number of aromatic nitrogens is 1. The minimum atomic E-state index is -0.304. The third kappa shape index (κ3) is 4.28. The smallest absolute Gasteiger partial charge is 0.263 e. The zero-order valence-corrected chi connectivity index (χ0v) is 15.5. The van der Waals surface area contributed by atoms with Crippen LogP contribution in [-0.2, 0) is 4.79 Å². The second-order valence-corrected chi connectivity index (χ2v) is 7.64. The molecule has 2 heterocycles. The molecular weight excluding hydrogens is 410 g/mol. The molecule has 0 aliphatic carbocycles. The van der Waals surface area contributed by atoms with Gasteiger partial charge in [-0.1, -0.05) is 22.0 Å². The van der Waals surface area contributed by atoms with Gasteiger partial charge in [-0.2, -0.15) is 0 Å². The quantitative estimate of drug-likeness (QED) is 0.653. The van der Waals surface area contributed by atoms with Crippen LogP contribution in [0.1, 0.15) is 9.67 Å². The average molecular weight is 422 g/mol. The van der Waals surface area contributed by atoms with E-state index in [2.05, 4.69) is 31.5 Å². The highest BCUT2D eigenvalue weighted by atomic mass is 79.9. The molecule has 2 amide bonds. The molecule has 1 aromatic carbocycles. The summed E-state index contributed by atoms with van der Waals surface area (Å²) in [5.74, 6) is -0.588. The van der Waals surface area contributed by atoms with E-state index in [1.807, 2.05) is 29.6 Å². The highest BCUT2D eigenvalue weighted by Crippen LogP contribution is 2.28. The maximum absolute atomic E-state index is 12.1. The SMILES string of the molecule is O=C(CNC(=O)c1cnc(-c2cccs2)s1)Nc1ccc(Br)cc1. The molecule has 0 spiro atoms. The summed E-state index contributed by atoms with van der Waals surface area (Å²) in [5, 5.41) is 8.08. The van der Waals surface area contributed by atoms with Crippen LogP contribution in [0, 0.1) is 0 Å². The Bertz CT molecular complexity index is 845. The van der Waals surface area contributed by atoms with Crippen LogP contribution >= 0.6 is 38.6 Å². The summed E-state index contributed by atoms with van der Waals surface area (Å²) in [6, 6.07) is 11.1. The fourth-order valence-electron chi connectivity index (χ4n) is 1.88. The number of carbonyl (C=O) groups is 2. The first kappa shape index (κ1) is 16.8. The van der Waals surface area contributed by atoms with Crippen molar-refractivity contribution in [1.82, 2.24) is 10.3 Å². The van der Waals surface area contributed by atoms with Crippen LogP contribution in [0.2, 0.25) is 0 Å². The molecule has 0 aliphatic rings. The van der Waals surface area contributed by atoms with Crippen molar-refractivity contribution < 1.29 is 9.59 Å². The Morgan fingerprint density at radius 2 is 1.96 bits per heavy atom. The van der Waals surface area contributed by atoms with Gasteiger partial charge in [0.05, 0.1) is 17.6 Å². The molecule has 2 N–H and O–H groups in total. The summed E-state index contributed by atoms with van der Waals surface area (Å²) in [7, 11) is 0. The van der Waals surface area contributed by atoms with Crippen LogP contribution in [0.5, 0.6) is 0 Å². The number of rotatable bonds is 5. The maximum Gasteiger partial charge on any atom is 0.263 e.